The Balaban J connectivity index is 2.34. The quantitative estimate of drug-likeness (QED) is 0.610. The van der Waals surface area contributed by atoms with Crippen molar-refractivity contribution in [2.75, 3.05) is 33.2 Å². The van der Waals surface area contributed by atoms with Crippen molar-refractivity contribution in [3.63, 3.8) is 0 Å². The first kappa shape index (κ1) is 10.0. The van der Waals surface area contributed by atoms with Crippen LogP contribution in [0, 0.1) is 12.8 Å². The van der Waals surface area contributed by atoms with Crippen molar-refractivity contribution in [2.45, 2.75) is 19.9 Å². The van der Waals surface area contributed by atoms with Gasteiger partial charge in [0.2, 0.25) is 0 Å². The molecule has 1 aliphatic heterocycles. The first-order valence-electron chi connectivity index (χ1n) is 4.87. The first-order chi connectivity index (χ1) is 5.61. The number of nitrogens with zero attached hydrogens (tertiary/aromatic N) is 2. The molecule has 1 fully saturated rings. The molecule has 0 aromatic rings. The molecule has 0 aromatic carbocycles. The van der Waals surface area contributed by atoms with Gasteiger partial charge in [-0.25, -0.2) is 0 Å². The standard InChI is InChI=1S/C10H21N2/c1-9(2)10(3)12-7-5-11(4)6-8-12/h9-10H,1,5-8H2,2-4H3. The molecule has 0 saturated carbocycles. The van der Waals surface area contributed by atoms with Crippen molar-refractivity contribution in [1.29, 1.82) is 0 Å². The lowest BCUT2D eigenvalue weighted by atomic mass is 10.0. The van der Waals surface area contributed by atoms with Crippen LogP contribution in [0.5, 0.6) is 0 Å². The number of hydrogen-bond donors (Lipinski definition) is 0. The van der Waals surface area contributed by atoms with Gasteiger partial charge in [-0.15, -0.1) is 0 Å². The summed E-state index contributed by atoms with van der Waals surface area (Å²) in [5, 5.41) is 0. The van der Waals surface area contributed by atoms with Crippen molar-refractivity contribution in [3.8, 4) is 0 Å². The van der Waals surface area contributed by atoms with E-state index in [-0.39, 0.29) is 0 Å². The van der Waals surface area contributed by atoms with Gasteiger partial charge in [-0.3, -0.25) is 4.90 Å². The van der Waals surface area contributed by atoms with E-state index in [2.05, 4.69) is 37.6 Å². The molecule has 71 valence electrons. The Morgan fingerprint density at radius 1 is 1.08 bits per heavy atom. The summed E-state index contributed by atoms with van der Waals surface area (Å²) in [6, 6.07) is 0.638. The smallest absolute Gasteiger partial charge is 0.0113 e. The van der Waals surface area contributed by atoms with Crippen LogP contribution in [-0.4, -0.2) is 49.1 Å². The number of hydrogen-bond acceptors (Lipinski definition) is 2. The van der Waals surface area contributed by atoms with Gasteiger partial charge in [0, 0.05) is 32.2 Å². The van der Waals surface area contributed by atoms with Crippen LogP contribution in [0.15, 0.2) is 0 Å². The highest BCUT2D eigenvalue weighted by Gasteiger charge is 2.20. The molecule has 1 rings (SSSR count). The molecule has 0 aliphatic carbocycles. The van der Waals surface area contributed by atoms with Crippen LogP contribution in [0.3, 0.4) is 0 Å². The zero-order valence-electron chi connectivity index (χ0n) is 8.58. The van der Waals surface area contributed by atoms with E-state index in [1.165, 1.54) is 26.2 Å². The van der Waals surface area contributed by atoms with Crippen LogP contribution >= 0.6 is 0 Å². The van der Waals surface area contributed by atoms with Gasteiger partial charge >= 0.3 is 0 Å². The molecule has 2 atom stereocenters. The van der Waals surface area contributed by atoms with Gasteiger partial charge in [0.25, 0.3) is 0 Å². The normalized spacial score (nSPS) is 24.8. The van der Waals surface area contributed by atoms with Crippen molar-refractivity contribution in [2.24, 2.45) is 5.92 Å². The van der Waals surface area contributed by atoms with E-state index < -0.39 is 0 Å². The Bertz CT molecular complexity index is 126. The van der Waals surface area contributed by atoms with Crippen molar-refractivity contribution in [1.82, 2.24) is 9.80 Å². The molecule has 1 heterocycles. The fourth-order valence-corrected chi connectivity index (χ4v) is 1.59. The van der Waals surface area contributed by atoms with Crippen LogP contribution in [0.4, 0.5) is 0 Å². The third kappa shape index (κ3) is 2.46. The van der Waals surface area contributed by atoms with Crippen molar-refractivity contribution < 1.29 is 0 Å². The molecule has 1 aliphatic rings. The molecule has 0 N–H and O–H groups in total. The largest absolute Gasteiger partial charge is 0.304 e. The summed E-state index contributed by atoms with van der Waals surface area (Å²) in [7, 11) is 2.19. The zero-order chi connectivity index (χ0) is 9.14. The molecule has 2 unspecified atom stereocenters. The van der Waals surface area contributed by atoms with Crippen LogP contribution in [0.1, 0.15) is 13.8 Å². The van der Waals surface area contributed by atoms with Crippen LogP contribution in [0.2, 0.25) is 0 Å². The molecule has 12 heavy (non-hydrogen) atoms. The van der Waals surface area contributed by atoms with E-state index >= 15 is 0 Å². The van der Waals surface area contributed by atoms with E-state index in [9.17, 15) is 0 Å². The highest BCUT2D eigenvalue weighted by atomic mass is 15.3. The predicted octanol–water partition coefficient (Wildman–Crippen LogP) is 1.09. The highest BCUT2D eigenvalue weighted by molar-refractivity contribution is 4.78. The minimum Gasteiger partial charge on any atom is -0.304 e. The molecule has 0 aromatic heterocycles. The van der Waals surface area contributed by atoms with E-state index in [1.807, 2.05) is 0 Å². The summed E-state index contributed by atoms with van der Waals surface area (Å²) in [5.41, 5.74) is 0. The van der Waals surface area contributed by atoms with E-state index in [4.69, 9.17) is 0 Å². The van der Waals surface area contributed by atoms with Crippen molar-refractivity contribution >= 4 is 0 Å². The van der Waals surface area contributed by atoms with Gasteiger partial charge in [-0.2, -0.15) is 0 Å². The second kappa shape index (κ2) is 4.24. The molecular weight excluding hydrogens is 148 g/mol. The summed E-state index contributed by atoms with van der Waals surface area (Å²) < 4.78 is 0. The minimum absolute atomic E-state index is 0.536. The van der Waals surface area contributed by atoms with Crippen LogP contribution in [-0.2, 0) is 0 Å². The van der Waals surface area contributed by atoms with Gasteiger partial charge in [0.1, 0.15) is 0 Å². The summed E-state index contributed by atoms with van der Waals surface area (Å²) in [6.45, 7) is 13.4. The summed E-state index contributed by atoms with van der Waals surface area (Å²) in [6.07, 6.45) is 0. The highest BCUT2D eigenvalue weighted by Crippen LogP contribution is 2.11. The van der Waals surface area contributed by atoms with Crippen LogP contribution < -0.4 is 0 Å². The second-order valence-corrected chi connectivity index (χ2v) is 4.06. The number of likely N-dealkylation sites (N-methyl/N-ethyl adjacent to an activating group) is 1. The average Bonchev–Trinajstić information content (AvgIpc) is 2.04. The van der Waals surface area contributed by atoms with Crippen molar-refractivity contribution in [3.05, 3.63) is 6.92 Å². The lowest BCUT2D eigenvalue weighted by Gasteiger charge is -2.38. The first-order valence-corrected chi connectivity index (χ1v) is 4.87. The van der Waals surface area contributed by atoms with Gasteiger partial charge in [0.05, 0.1) is 0 Å². The fourth-order valence-electron chi connectivity index (χ4n) is 1.59. The number of piperazine rings is 1. The summed E-state index contributed by atoms with van der Waals surface area (Å²) in [5.74, 6) is 0.536. The van der Waals surface area contributed by atoms with Crippen LogP contribution in [0.25, 0.3) is 0 Å². The Morgan fingerprint density at radius 3 is 2.00 bits per heavy atom. The molecule has 0 amide bonds. The lowest BCUT2D eigenvalue weighted by molar-refractivity contribution is 0.102. The maximum absolute atomic E-state index is 4.08. The topological polar surface area (TPSA) is 6.48 Å². The van der Waals surface area contributed by atoms with Gasteiger partial charge in [-0.1, -0.05) is 6.92 Å². The monoisotopic (exact) mass is 169 g/mol. The van der Waals surface area contributed by atoms with E-state index in [1.54, 1.807) is 0 Å². The Morgan fingerprint density at radius 2 is 1.58 bits per heavy atom. The summed E-state index contributed by atoms with van der Waals surface area (Å²) >= 11 is 0. The van der Waals surface area contributed by atoms with Gasteiger partial charge in [0.15, 0.2) is 0 Å². The Hall–Kier alpha value is -0.0800. The minimum atomic E-state index is 0.536. The number of rotatable bonds is 2. The zero-order valence-corrected chi connectivity index (χ0v) is 8.58. The van der Waals surface area contributed by atoms with Gasteiger partial charge < -0.3 is 4.90 Å². The Labute approximate surface area is 76.5 Å². The lowest BCUT2D eigenvalue weighted by Crippen LogP contribution is -2.49. The molecule has 2 nitrogen and oxygen atoms in total. The third-order valence-corrected chi connectivity index (χ3v) is 2.94. The Kier molecular flexibility index (Phi) is 3.53. The average molecular weight is 169 g/mol. The predicted molar refractivity (Wildman–Crippen MR) is 53.1 cm³/mol. The molecule has 1 saturated heterocycles. The molecule has 0 bridgehead atoms. The van der Waals surface area contributed by atoms with E-state index in [0.717, 1.165) is 0 Å². The van der Waals surface area contributed by atoms with Gasteiger partial charge in [-0.05, 0) is 26.8 Å². The SMILES string of the molecule is [CH2]C(C)C(C)N1CCN(C)CC1. The molecular formula is C10H21N2. The van der Waals surface area contributed by atoms with E-state index in [0.29, 0.717) is 12.0 Å². The molecule has 0 spiro atoms. The fraction of sp³-hybridized carbons (Fsp3) is 0.900. The molecule has 2 heteroatoms. The third-order valence-electron chi connectivity index (χ3n) is 2.94. The maximum atomic E-state index is 4.08. The second-order valence-electron chi connectivity index (χ2n) is 4.06. The summed E-state index contributed by atoms with van der Waals surface area (Å²) in [4.78, 5) is 4.93. The maximum Gasteiger partial charge on any atom is 0.0113 e. The molecule has 1 radical (unpaired) electrons.